The van der Waals surface area contributed by atoms with E-state index >= 15 is 0 Å². The maximum atomic E-state index is 13.7. The van der Waals surface area contributed by atoms with Gasteiger partial charge in [0.2, 0.25) is 10.0 Å². The lowest BCUT2D eigenvalue weighted by Crippen LogP contribution is -2.32. The van der Waals surface area contributed by atoms with E-state index in [-0.39, 0.29) is 29.9 Å². The van der Waals surface area contributed by atoms with Gasteiger partial charge in [0.1, 0.15) is 5.82 Å². The molecule has 0 saturated carbocycles. The van der Waals surface area contributed by atoms with Crippen LogP contribution < -0.4 is 5.73 Å². The number of aromatic nitrogens is 2. The molecule has 1 saturated heterocycles. The standard InChI is InChI=1S/C15H19FN4O2S/c1-10-3-4-11(5-13(10)16)23(21,22)20-6-12(14(17)7-20)15-8-19(2)9-18-15/h3-5,8-9,12,14H,6-7,17H2,1-2H3/t12-,14-/m1/s1. The molecular weight excluding hydrogens is 319 g/mol. The highest BCUT2D eigenvalue weighted by Crippen LogP contribution is 2.30. The zero-order valence-electron chi connectivity index (χ0n) is 13.0. The molecule has 124 valence electrons. The summed E-state index contributed by atoms with van der Waals surface area (Å²) < 4.78 is 42.2. The SMILES string of the molecule is Cc1ccc(S(=O)(=O)N2C[C@@H](N)[C@H](c3cn(C)cn3)C2)cc1F. The minimum Gasteiger partial charge on any atom is -0.340 e. The topological polar surface area (TPSA) is 81.2 Å². The Bertz CT molecular complexity index is 834. The molecule has 6 nitrogen and oxygen atoms in total. The predicted molar refractivity (Wildman–Crippen MR) is 83.8 cm³/mol. The van der Waals surface area contributed by atoms with Crippen molar-refractivity contribution in [1.29, 1.82) is 0 Å². The van der Waals surface area contributed by atoms with Gasteiger partial charge in [-0.05, 0) is 24.6 Å². The fraction of sp³-hybridized carbons (Fsp3) is 0.400. The van der Waals surface area contributed by atoms with Gasteiger partial charge < -0.3 is 10.3 Å². The molecule has 0 amide bonds. The normalized spacial score (nSPS) is 22.6. The van der Waals surface area contributed by atoms with Gasteiger partial charge in [-0.2, -0.15) is 4.31 Å². The number of halogens is 1. The highest BCUT2D eigenvalue weighted by atomic mass is 32.2. The van der Waals surface area contributed by atoms with E-state index in [1.165, 1.54) is 16.4 Å². The third-order valence-electron chi connectivity index (χ3n) is 4.22. The summed E-state index contributed by atoms with van der Waals surface area (Å²) in [5, 5.41) is 0. The van der Waals surface area contributed by atoms with Gasteiger partial charge >= 0.3 is 0 Å². The van der Waals surface area contributed by atoms with Crippen molar-refractivity contribution in [2.45, 2.75) is 23.8 Å². The van der Waals surface area contributed by atoms with Gasteiger partial charge in [0.15, 0.2) is 0 Å². The number of sulfonamides is 1. The summed E-state index contributed by atoms with van der Waals surface area (Å²) in [5.41, 5.74) is 7.29. The van der Waals surface area contributed by atoms with Crippen molar-refractivity contribution in [2.75, 3.05) is 13.1 Å². The Hall–Kier alpha value is -1.77. The summed E-state index contributed by atoms with van der Waals surface area (Å²) >= 11 is 0. The van der Waals surface area contributed by atoms with Crippen LogP contribution in [0.15, 0.2) is 35.6 Å². The first-order chi connectivity index (χ1) is 10.8. The van der Waals surface area contributed by atoms with Crippen LogP contribution in [0, 0.1) is 12.7 Å². The molecule has 2 N–H and O–H groups in total. The highest BCUT2D eigenvalue weighted by molar-refractivity contribution is 7.89. The Kier molecular flexibility index (Phi) is 3.99. The summed E-state index contributed by atoms with van der Waals surface area (Å²) in [4.78, 5) is 4.22. The van der Waals surface area contributed by atoms with E-state index in [1.807, 2.05) is 13.2 Å². The first-order valence-corrected chi connectivity index (χ1v) is 8.73. The van der Waals surface area contributed by atoms with Gasteiger partial charge in [0.25, 0.3) is 0 Å². The molecule has 1 aromatic carbocycles. The number of aryl methyl sites for hydroxylation is 2. The third-order valence-corrected chi connectivity index (χ3v) is 6.05. The van der Waals surface area contributed by atoms with Gasteiger partial charge in [-0.1, -0.05) is 6.07 Å². The molecule has 1 aliphatic heterocycles. The van der Waals surface area contributed by atoms with Crippen molar-refractivity contribution in [3.63, 3.8) is 0 Å². The predicted octanol–water partition coefficient (Wildman–Crippen LogP) is 0.983. The van der Waals surface area contributed by atoms with E-state index in [0.29, 0.717) is 5.56 Å². The molecule has 0 aliphatic carbocycles. The van der Waals surface area contributed by atoms with Crippen molar-refractivity contribution >= 4 is 10.0 Å². The lowest BCUT2D eigenvalue weighted by molar-refractivity contribution is 0.469. The average Bonchev–Trinajstić information content (AvgIpc) is 3.08. The zero-order chi connectivity index (χ0) is 16.8. The quantitative estimate of drug-likeness (QED) is 0.905. The minimum absolute atomic E-state index is 0.0468. The summed E-state index contributed by atoms with van der Waals surface area (Å²) in [7, 11) is -1.92. The van der Waals surface area contributed by atoms with Crippen molar-refractivity contribution in [2.24, 2.45) is 12.8 Å². The molecule has 0 radical (unpaired) electrons. The Balaban J connectivity index is 1.88. The number of rotatable bonds is 3. The summed E-state index contributed by atoms with van der Waals surface area (Å²) in [6.45, 7) is 2.03. The van der Waals surface area contributed by atoms with Crippen LogP contribution in [0.2, 0.25) is 0 Å². The smallest absolute Gasteiger partial charge is 0.243 e. The molecule has 1 fully saturated rings. The number of imidazole rings is 1. The highest BCUT2D eigenvalue weighted by Gasteiger charge is 2.39. The summed E-state index contributed by atoms with van der Waals surface area (Å²) in [6.07, 6.45) is 3.50. The second kappa shape index (κ2) is 5.70. The van der Waals surface area contributed by atoms with Gasteiger partial charge in [-0.25, -0.2) is 17.8 Å². The second-order valence-electron chi connectivity index (χ2n) is 5.97. The summed E-state index contributed by atoms with van der Waals surface area (Å²) in [6, 6.07) is 3.61. The molecule has 2 atom stereocenters. The van der Waals surface area contributed by atoms with E-state index in [4.69, 9.17) is 5.73 Å². The molecule has 1 aromatic heterocycles. The number of nitrogens with two attached hydrogens (primary N) is 1. The van der Waals surface area contributed by atoms with Crippen LogP contribution in [0.1, 0.15) is 17.2 Å². The maximum Gasteiger partial charge on any atom is 0.243 e. The van der Waals surface area contributed by atoms with Crippen molar-refractivity contribution < 1.29 is 12.8 Å². The van der Waals surface area contributed by atoms with E-state index in [2.05, 4.69) is 4.98 Å². The lowest BCUT2D eigenvalue weighted by atomic mass is 10.0. The number of benzene rings is 1. The Labute approximate surface area is 134 Å². The van der Waals surface area contributed by atoms with Crippen molar-refractivity contribution in [3.8, 4) is 0 Å². The third kappa shape index (κ3) is 2.89. The van der Waals surface area contributed by atoms with Crippen LogP contribution in [-0.4, -0.2) is 41.4 Å². The molecule has 8 heteroatoms. The number of hydrogen-bond donors (Lipinski definition) is 1. The second-order valence-corrected chi connectivity index (χ2v) is 7.91. The lowest BCUT2D eigenvalue weighted by Gasteiger charge is -2.16. The van der Waals surface area contributed by atoms with E-state index in [0.717, 1.165) is 11.8 Å². The zero-order valence-corrected chi connectivity index (χ0v) is 13.8. The largest absolute Gasteiger partial charge is 0.340 e. The van der Waals surface area contributed by atoms with Gasteiger partial charge in [-0.15, -0.1) is 0 Å². The minimum atomic E-state index is -3.77. The molecule has 0 unspecified atom stereocenters. The fourth-order valence-electron chi connectivity index (χ4n) is 2.81. The molecule has 2 aromatic rings. The van der Waals surface area contributed by atoms with E-state index in [9.17, 15) is 12.8 Å². The molecule has 1 aliphatic rings. The maximum absolute atomic E-state index is 13.7. The molecule has 3 rings (SSSR count). The van der Waals surface area contributed by atoms with Gasteiger partial charge in [0.05, 0.1) is 16.9 Å². The Morgan fingerprint density at radius 2 is 2.09 bits per heavy atom. The molecule has 0 spiro atoms. The van der Waals surface area contributed by atoms with Crippen LogP contribution in [0.25, 0.3) is 0 Å². The first-order valence-electron chi connectivity index (χ1n) is 7.29. The van der Waals surface area contributed by atoms with Gasteiger partial charge in [-0.3, -0.25) is 0 Å². The number of hydrogen-bond acceptors (Lipinski definition) is 4. The van der Waals surface area contributed by atoms with Crippen LogP contribution in [0.3, 0.4) is 0 Å². The molecule has 23 heavy (non-hydrogen) atoms. The van der Waals surface area contributed by atoms with Crippen molar-refractivity contribution in [3.05, 3.63) is 47.8 Å². The first kappa shape index (κ1) is 16.1. The van der Waals surface area contributed by atoms with E-state index in [1.54, 1.807) is 17.8 Å². The fourth-order valence-corrected chi connectivity index (χ4v) is 4.32. The van der Waals surface area contributed by atoms with Crippen LogP contribution in [0.4, 0.5) is 4.39 Å². The molecule has 0 bridgehead atoms. The average molecular weight is 338 g/mol. The van der Waals surface area contributed by atoms with Gasteiger partial charge in [0, 0.05) is 38.3 Å². The Morgan fingerprint density at radius 3 is 2.70 bits per heavy atom. The van der Waals surface area contributed by atoms with Crippen molar-refractivity contribution in [1.82, 2.24) is 13.9 Å². The number of nitrogens with zero attached hydrogens (tertiary/aromatic N) is 3. The van der Waals surface area contributed by atoms with Crippen LogP contribution in [-0.2, 0) is 17.1 Å². The molecule has 2 heterocycles. The van der Waals surface area contributed by atoms with Crippen LogP contribution in [0.5, 0.6) is 0 Å². The van der Waals surface area contributed by atoms with Crippen LogP contribution >= 0.6 is 0 Å². The monoisotopic (exact) mass is 338 g/mol. The van der Waals surface area contributed by atoms with E-state index < -0.39 is 15.8 Å². The molecular formula is C15H19FN4O2S. The summed E-state index contributed by atoms with van der Waals surface area (Å²) in [5.74, 6) is -0.697. The Morgan fingerprint density at radius 1 is 1.35 bits per heavy atom.